The van der Waals surface area contributed by atoms with E-state index in [-0.39, 0.29) is 6.04 Å². The summed E-state index contributed by atoms with van der Waals surface area (Å²) in [6.45, 7) is 6.83. The van der Waals surface area contributed by atoms with E-state index in [0.29, 0.717) is 31.1 Å². The molecule has 154 valence electrons. The first-order chi connectivity index (χ1) is 13.2. The maximum absolute atomic E-state index is 12.8. The average molecular weight is 425 g/mol. The molecule has 1 saturated carbocycles. The van der Waals surface area contributed by atoms with E-state index in [9.17, 15) is 9.47 Å². The molecule has 0 radical (unpaired) electrons. The van der Waals surface area contributed by atoms with Gasteiger partial charge in [0.1, 0.15) is 0 Å². The van der Waals surface area contributed by atoms with Gasteiger partial charge in [0.2, 0.25) is 0 Å². The molecule has 2 aliphatic rings. The van der Waals surface area contributed by atoms with Crippen molar-refractivity contribution in [2.45, 2.75) is 69.5 Å². The van der Waals surface area contributed by atoms with E-state index in [0.717, 1.165) is 24.8 Å². The second-order valence-electron chi connectivity index (χ2n) is 8.67. The van der Waals surface area contributed by atoms with Gasteiger partial charge in [0.05, 0.1) is 40.4 Å². The van der Waals surface area contributed by atoms with Crippen LogP contribution in [0.5, 0.6) is 0 Å². The molecular weight excluding hydrogens is 396 g/mol. The third-order valence-corrected chi connectivity index (χ3v) is 7.57. The van der Waals surface area contributed by atoms with Gasteiger partial charge in [-0.3, -0.25) is 0 Å². The van der Waals surface area contributed by atoms with Gasteiger partial charge in [0.15, 0.2) is 5.79 Å². The maximum atomic E-state index is 12.8. The minimum absolute atomic E-state index is 0.185. The van der Waals surface area contributed by atoms with Crippen LogP contribution in [-0.4, -0.2) is 28.2 Å². The number of nitriles is 1. The minimum Gasteiger partial charge on any atom is -0.343 e. The molecule has 1 aromatic carbocycles. The lowest BCUT2D eigenvalue weighted by Gasteiger charge is -2.44. The Labute approximate surface area is 175 Å². The molecule has 28 heavy (non-hydrogen) atoms. The molecule has 2 atom stereocenters. The van der Waals surface area contributed by atoms with Gasteiger partial charge in [0.25, 0.3) is 0 Å². The van der Waals surface area contributed by atoms with Crippen molar-refractivity contribution in [2.24, 2.45) is 5.41 Å². The molecule has 2 fully saturated rings. The van der Waals surface area contributed by atoms with Crippen molar-refractivity contribution in [2.75, 3.05) is 13.2 Å². The first-order valence-corrected chi connectivity index (χ1v) is 11.4. The van der Waals surface area contributed by atoms with E-state index in [4.69, 9.17) is 21.1 Å². The van der Waals surface area contributed by atoms with Crippen LogP contribution in [0.2, 0.25) is 5.02 Å². The van der Waals surface area contributed by atoms with Gasteiger partial charge in [-0.25, -0.2) is 8.93 Å². The number of rotatable bonds is 7. The fraction of sp³-hybridized carbons (Fsp3) is 0.667. The highest BCUT2D eigenvalue weighted by Gasteiger charge is 2.48. The van der Waals surface area contributed by atoms with Crippen LogP contribution in [0.25, 0.3) is 0 Å². The van der Waals surface area contributed by atoms with Crippen LogP contribution in [0.3, 0.4) is 0 Å². The molecule has 0 amide bonds. The van der Waals surface area contributed by atoms with E-state index < -0.39 is 26.9 Å². The second-order valence-corrected chi connectivity index (χ2v) is 11.1. The van der Waals surface area contributed by atoms with Crippen LogP contribution in [0, 0.1) is 16.7 Å². The molecule has 0 bridgehead atoms. The summed E-state index contributed by atoms with van der Waals surface area (Å²) < 4.78 is 27.7. The molecule has 0 spiro atoms. The van der Waals surface area contributed by atoms with Crippen molar-refractivity contribution in [3.05, 3.63) is 34.9 Å². The molecule has 1 unspecified atom stereocenters. The summed E-state index contributed by atoms with van der Waals surface area (Å²) in [5.74, 6) is -0.867. The summed E-state index contributed by atoms with van der Waals surface area (Å²) in [7, 11) is -1.25. The molecule has 1 aliphatic carbocycles. The number of hydrogen-bond acceptors (Lipinski definition) is 4. The third-order valence-electron chi connectivity index (χ3n) is 5.72. The summed E-state index contributed by atoms with van der Waals surface area (Å²) in [5, 5.41) is 10.5. The van der Waals surface area contributed by atoms with Gasteiger partial charge in [-0.2, -0.15) is 5.26 Å². The normalized spacial score (nSPS) is 22.8. The Bertz CT molecular complexity index is 762. The first kappa shape index (κ1) is 21.7. The molecule has 5 nitrogen and oxygen atoms in total. The first-order valence-electron chi connectivity index (χ1n) is 9.84. The monoisotopic (exact) mass is 424 g/mol. The van der Waals surface area contributed by atoms with Gasteiger partial charge in [0, 0.05) is 23.0 Å². The Hall–Kier alpha value is -0.970. The number of benzene rings is 1. The number of nitrogens with one attached hydrogen (secondary N) is 1. The summed E-state index contributed by atoms with van der Waals surface area (Å²) >= 11 is 6.19. The highest BCUT2D eigenvalue weighted by Crippen LogP contribution is 2.47. The van der Waals surface area contributed by atoms with Crippen LogP contribution >= 0.6 is 11.6 Å². The van der Waals surface area contributed by atoms with E-state index in [1.807, 2.05) is 45.0 Å². The van der Waals surface area contributed by atoms with Gasteiger partial charge >= 0.3 is 0 Å². The van der Waals surface area contributed by atoms with Crippen molar-refractivity contribution in [1.29, 1.82) is 5.26 Å². The predicted octanol–water partition coefficient (Wildman–Crippen LogP) is 4.43. The SMILES string of the molecule is CC(C)(C)S(=O)N[C@H](CCC1(c2cccc(Cl)c2)OCCO1)C1(C#N)CCC1. The standard InChI is InChI=1S/C21H29ClN2O3S/c1-19(2,3)28(25)24-18(20(15-23)9-5-10-20)8-11-21(26-12-13-27-21)16-6-4-7-17(22)14-16/h4,6-7,14,18,24H,5,8-13H2,1-3H3/t18-,28?/m1/s1. The number of nitrogens with zero attached hydrogens (tertiary/aromatic N) is 1. The molecular formula is C21H29ClN2O3S. The molecule has 1 heterocycles. The Morgan fingerprint density at radius 1 is 1.32 bits per heavy atom. The molecule has 1 aromatic rings. The van der Waals surface area contributed by atoms with Crippen LogP contribution in [0.15, 0.2) is 24.3 Å². The van der Waals surface area contributed by atoms with Gasteiger partial charge < -0.3 is 9.47 Å². The van der Waals surface area contributed by atoms with Gasteiger partial charge in [-0.1, -0.05) is 30.2 Å². The predicted molar refractivity (Wildman–Crippen MR) is 111 cm³/mol. The maximum Gasteiger partial charge on any atom is 0.195 e. The molecule has 0 aromatic heterocycles. The molecule has 3 rings (SSSR count). The van der Waals surface area contributed by atoms with Crippen LogP contribution in [-0.2, 0) is 26.2 Å². The smallest absolute Gasteiger partial charge is 0.195 e. The Kier molecular flexibility index (Phi) is 6.53. The average Bonchev–Trinajstić information content (AvgIpc) is 3.08. The number of hydrogen-bond donors (Lipinski definition) is 1. The highest BCUT2D eigenvalue weighted by molar-refractivity contribution is 7.84. The Morgan fingerprint density at radius 3 is 2.50 bits per heavy atom. The van der Waals surface area contributed by atoms with Gasteiger partial charge in [-0.15, -0.1) is 0 Å². The molecule has 1 N–H and O–H groups in total. The van der Waals surface area contributed by atoms with E-state index in [1.54, 1.807) is 0 Å². The van der Waals surface area contributed by atoms with E-state index >= 15 is 0 Å². The fourth-order valence-electron chi connectivity index (χ4n) is 3.82. The molecule has 1 saturated heterocycles. The number of halogens is 1. The topological polar surface area (TPSA) is 71.3 Å². The molecule has 1 aliphatic heterocycles. The second kappa shape index (κ2) is 8.41. The zero-order chi connectivity index (χ0) is 20.4. The van der Waals surface area contributed by atoms with Crippen molar-refractivity contribution in [1.82, 2.24) is 4.72 Å². The van der Waals surface area contributed by atoms with Crippen molar-refractivity contribution in [3.63, 3.8) is 0 Å². The summed E-state index contributed by atoms with van der Waals surface area (Å²) in [5.41, 5.74) is 0.405. The number of ether oxygens (including phenoxy) is 2. The molecule has 7 heteroatoms. The third kappa shape index (κ3) is 4.44. The van der Waals surface area contributed by atoms with Crippen molar-refractivity contribution < 1.29 is 13.7 Å². The summed E-state index contributed by atoms with van der Waals surface area (Å²) in [4.78, 5) is 0. The van der Waals surface area contributed by atoms with Crippen LogP contribution in [0.4, 0.5) is 0 Å². The highest BCUT2D eigenvalue weighted by atomic mass is 35.5. The quantitative estimate of drug-likeness (QED) is 0.702. The Morgan fingerprint density at radius 2 is 2.00 bits per heavy atom. The van der Waals surface area contributed by atoms with Crippen molar-refractivity contribution >= 4 is 22.6 Å². The fourth-order valence-corrected chi connectivity index (χ4v) is 4.97. The van der Waals surface area contributed by atoms with Crippen molar-refractivity contribution in [3.8, 4) is 6.07 Å². The zero-order valence-electron chi connectivity index (χ0n) is 16.8. The lowest BCUT2D eigenvalue weighted by molar-refractivity contribution is -0.173. The van der Waals surface area contributed by atoms with E-state index in [1.165, 1.54) is 0 Å². The van der Waals surface area contributed by atoms with E-state index in [2.05, 4.69) is 10.8 Å². The van der Waals surface area contributed by atoms with Gasteiger partial charge in [-0.05, 0) is 52.2 Å². The Balaban J connectivity index is 1.82. The largest absolute Gasteiger partial charge is 0.343 e. The lowest BCUT2D eigenvalue weighted by atomic mass is 9.64. The van der Waals surface area contributed by atoms with Crippen LogP contribution in [0.1, 0.15) is 58.4 Å². The summed E-state index contributed by atoms with van der Waals surface area (Å²) in [6, 6.07) is 9.86. The lowest BCUT2D eigenvalue weighted by Crippen LogP contribution is -2.52. The minimum atomic E-state index is -1.25. The summed E-state index contributed by atoms with van der Waals surface area (Å²) in [6.07, 6.45) is 3.88. The van der Waals surface area contributed by atoms with Crippen LogP contribution < -0.4 is 4.72 Å². The zero-order valence-corrected chi connectivity index (χ0v) is 18.4.